The number of fused-ring (bicyclic) bond motifs is 1. The number of anilines is 1. The van der Waals surface area contributed by atoms with Gasteiger partial charge in [-0.05, 0) is 17.7 Å². The molecular weight excluding hydrogens is 355 g/mol. The zero-order valence-electron chi connectivity index (χ0n) is 13.1. The Morgan fingerprint density at radius 2 is 2.04 bits per heavy atom. The van der Waals surface area contributed by atoms with Gasteiger partial charge < -0.3 is 9.88 Å². The van der Waals surface area contributed by atoms with E-state index in [1.807, 2.05) is 42.1 Å². The molecule has 0 fully saturated rings. The molecule has 1 N–H and O–H groups in total. The molecule has 0 atom stereocenters. The molecule has 1 aromatic carbocycles. The Bertz CT molecular complexity index is 950. The zero-order chi connectivity index (χ0) is 18.2. The van der Waals surface area contributed by atoms with Crippen molar-refractivity contribution >= 4 is 34.2 Å². The molecule has 0 bridgehead atoms. The highest BCUT2D eigenvalue weighted by molar-refractivity contribution is 6.33. The number of aromatic nitrogens is 2. The van der Waals surface area contributed by atoms with Gasteiger partial charge in [-0.25, -0.2) is 4.98 Å². The summed E-state index contributed by atoms with van der Waals surface area (Å²) >= 11 is 5.80. The average Bonchev–Trinajstić information content (AvgIpc) is 2.85. The van der Waals surface area contributed by atoms with Gasteiger partial charge in [0.25, 0.3) is 0 Å². The fraction of sp³-hybridized carbons (Fsp3) is 0.176. The Balaban J connectivity index is 1.79. The Kier molecular flexibility index (Phi) is 4.43. The summed E-state index contributed by atoms with van der Waals surface area (Å²) in [6, 6.07) is 8.35. The summed E-state index contributed by atoms with van der Waals surface area (Å²) in [7, 11) is 1.87. The van der Waals surface area contributed by atoms with Gasteiger partial charge in [0.2, 0.25) is 5.91 Å². The second-order valence-electron chi connectivity index (χ2n) is 5.56. The largest absolute Gasteiger partial charge is 0.417 e. The number of para-hydroxylation sites is 1. The van der Waals surface area contributed by atoms with Gasteiger partial charge in [0, 0.05) is 30.3 Å². The molecule has 25 heavy (non-hydrogen) atoms. The van der Waals surface area contributed by atoms with Gasteiger partial charge in [0.15, 0.2) is 5.82 Å². The van der Waals surface area contributed by atoms with Crippen molar-refractivity contribution in [2.24, 2.45) is 7.05 Å². The summed E-state index contributed by atoms with van der Waals surface area (Å²) in [6.07, 6.45) is -2.01. The maximum atomic E-state index is 12.6. The number of rotatable bonds is 3. The maximum absolute atomic E-state index is 12.6. The van der Waals surface area contributed by atoms with E-state index in [4.69, 9.17) is 11.6 Å². The molecule has 130 valence electrons. The maximum Gasteiger partial charge on any atom is 0.417 e. The molecule has 2 heterocycles. The van der Waals surface area contributed by atoms with Crippen molar-refractivity contribution in [2.45, 2.75) is 12.6 Å². The fourth-order valence-electron chi connectivity index (χ4n) is 2.60. The lowest BCUT2D eigenvalue weighted by Crippen LogP contribution is -2.16. The third-order valence-corrected chi connectivity index (χ3v) is 4.04. The smallest absolute Gasteiger partial charge is 0.350 e. The van der Waals surface area contributed by atoms with Crippen LogP contribution in [0, 0.1) is 0 Å². The number of halogens is 4. The van der Waals surface area contributed by atoms with E-state index in [0.29, 0.717) is 6.20 Å². The fourth-order valence-corrected chi connectivity index (χ4v) is 2.81. The summed E-state index contributed by atoms with van der Waals surface area (Å²) in [6.45, 7) is 0. The molecule has 0 saturated carbocycles. The van der Waals surface area contributed by atoms with E-state index in [1.54, 1.807) is 0 Å². The van der Waals surface area contributed by atoms with Crippen LogP contribution in [0.1, 0.15) is 11.1 Å². The first-order chi connectivity index (χ1) is 11.8. The molecular formula is C17H13ClF3N3O. The molecule has 2 aromatic heterocycles. The number of nitrogens with zero attached hydrogens (tertiary/aromatic N) is 2. The highest BCUT2D eigenvalue weighted by Gasteiger charge is 2.31. The van der Waals surface area contributed by atoms with E-state index in [1.165, 1.54) is 0 Å². The van der Waals surface area contributed by atoms with Gasteiger partial charge in [0.05, 0.1) is 17.0 Å². The van der Waals surface area contributed by atoms with Crippen molar-refractivity contribution in [1.82, 2.24) is 9.55 Å². The Hall–Kier alpha value is -2.54. The van der Waals surface area contributed by atoms with Gasteiger partial charge in [-0.3, -0.25) is 4.79 Å². The van der Waals surface area contributed by atoms with Crippen LogP contribution in [0.3, 0.4) is 0 Å². The first kappa shape index (κ1) is 17.3. The van der Waals surface area contributed by atoms with E-state index >= 15 is 0 Å². The van der Waals surface area contributed by atoms with Crippen LogP contribution in [0.4, 0.5) is 19.0 Å². The number of hydrogen-bond donors (Lipinski definition) is 1. The minimum atomic E-state index is -4.54. The van der Waals surface area contributed by atoms with Crippen LogP contribution in [-0.2, 0) is 24.4 Å². The number of aryl methyl sites for hydroxylation is 1. The number of nitrogens with one attached hydrogen (secondary N) is 1. The quantitative estimate of drug-likeness (QED) is 0.744. The molecule has 0 spiro atoms. The van der Waals surface area contributed by atoms with Crippen molar-refractivity contribution in [2.75, 3.05) is 5.32 Å². The lowest BCUT2D eigenvalue weighted by molar-refractivity contribution is -0.137. The second-order valence-corrected chi connectivity index (χ2v) is 5.97. The lowest BCUT2D eigenvalue weighted by Gasteiger charge is -2.10. The predicted octanol–water partition coefficient (Wildman–Crippen LogP) is 4.43. The molecule has 3 aromatic rings. The number of amides is 1. The predicted molar refractivity (Wildman–Crippen MR) is 89.5 cm³/mol. The van der Waals surface area contributed by atoms with Crippen LogP contribution in [0.15, 0.2) is 42.7 Å². The van der Waals surface area contributed by atoms with Crippen LogP contribution in [0.5, 0.6) is 0 Å². The third-order valence-electron chi connectivity index (χ3n) is 3.76. The molecule has 1 amide bonds. The number of pyridine rings is 1. The zero-order valence-corrected chi connectivity index (χ0v) is 13.8. The number of carbonyl (C=O) groups excluding carboxylic acids is 1. The Morgan fingerprint density at radius 1 is 1.32 bits per heavy atom. The topological polar surface area (TPSA) is 46.9 Å². The van der Waals surface area contributed by atoms with Gasteiger partial charge >= 0.3 is 6.18 Å². The van der Waals surface area contributed by atoms with Gasteiger partial charge in [-0.1, -0.05) is 29.8 Å². The molecule has 8 heteroatoms. The van der Waals surface area contributed by atoms with Gasteiger partial charge in [-0.2, -0.15) is 13.2 Å². The average molecular weight is 368 g/mol. The number of hydrogen-bond acceptors (Lipinski definition) is 2. The van der Waals surface area contributed by atoms with E-state index in [2.05, 4.69) is 10.3 Å². The molecule has 0 radical (unpaired) electrons. The molecule has 0 unspecified atom stereocenters. The van der Waals surface area contributed by atoms with E-state index < -0.39 is 17.6 Å². The molecule has 0 aliphatic rings. The van der Waals surface area contributed by atoms with Crippen LogP contribution < -0.4 is 5.32 Å². The van der Waals surface area contributed by atoms with E-state index in [-0.39, 0.29) is 17.3 Å². The van der Waals surface area contributed by atoms with Crippen molar-refractivity contribution in [3.8, 4) is 0 Å². The normalized spacial score (nSPS) is 11.7. The van der Waals surface area contributed by atoms with Crippen molar-refractivity contribution in [3.63, 3.8) is 0 Å². The number of benzene rings is 1. The van der Waals surface area contributed by atoms with Gasteiger partial charge in [0.1, 0.15) is 0 Å². The molecule has 0 aliphatic carbocycles. The summed E-state index contributed by atoms with van der Waals surface area (Å²) in [4.78, 5) is 15.8. The monoisotopic (exact) mass is 367 g/mol. The minimum absolute atomic E-state index is 0.0559. The number of carbonyl (C=O) groups is 1. The van der Waals surface area contributed by atoms with Crippen LogP contribution in [-0.4, -0.2) is 15.5 Å². The molecule has 4 nitrogen and oxygen atoms in total. The van der Waals surface area contributed by atoms with Gasteiger partial charge in [-0.15, -0.1) is 0 Å². The third kappa shape index (κ3) is 3.61. The molecule has 0 aliphatic heterocycles. The standard InChI is InChI=1S/C17H13ClF3N3O/c1-24-9-10(12-4-2-3-5-14(12)24)6-15(25)23-16-13(18)7-11(8-22-16)17(19,20)21/h2-5,7-9H,6H2,1H3,(H,22,23,25). The SMILES string of the molecule is Cn1cc(CC(=O)Nc2ncc(C(F)(F)F)cc2Cl)c2ccccc21. The van der Waals surface area contributed by atoms with E-state index in [9.17, 15) is 18.0 Å². The lowest BCUT2D eigenvalue weighted by atomic mass is 10.1. The summed E-state index contributed by atoms with van der Waals surface area (Å²) in [5.41, 5.74) is 0.819. The summed E-state index contributed by atoms with van der Waals surface area (Å²) < 4.78 is 39.7. The number of alkyl halides is 3. The summed E-state index contributed by atoms with van der Waals surface area (Å²) in [5.74, 6) is -0.509. The highest BCUT2D eigenvalue weighted by atomic mass is 35.5. The molecule has 3 rings (SSSR count). The Morgan fingerprint density at radius 3 is 2.72 bits per heavy atom. The second kappa shape index (κ2) is 6.40. The van der Waals surface area contributed by atoms with E-state index in [0.717, 1.165) is 22.5 Å². The van der Waals surface area contributed by atoms with Crippen molar-refractivity contribution in [1.29, 1.82) is 0 Å². The van der Waals surface area contributed by atoms with Crippen LogP contribution >= 0.6 is 11.6 Å². The Labute approximate surface area is 146 Å². The first-order valence-electron chi connectivity index (χ1n) is 7.31. The first-order valence-corrected chi connectivity index (χ1v) is 7.69. The van der Waals surface area contributed by atoms with Crippen LogP contribution in [0.25, 0.3) is 10.9 Å². The molecule has 0 saturated heterocycles. The van der Waals surface area contributed by atoms with Crippen molar-refractivity contribution in [3.05, 3.63) is 58.9 Å². The highest BCUT2D eigenvalue weighted by Crippen LogP contribution is 2.32. The van der Waals surface area contributed by atoms with Crippen molar-refractivity contribution < 1.29 is 18.0 Å². The minimum Gasteiger partial charge on any atom is -0.350 e. The summed E-state index contributed by atoms with van der Waals surface area (Å²) in [5, 5.41) is 3.13. The van der Waals surface area contributed by atoms with Crippen LogP contribution in [0.2, 0.25) is 5.02 Å².